The number of rotatable bonds is 3. The number of aliphatic hydroxyl groups is 1. The fourth-order valence-electron chi connectivity index (χ4n) is 2.69. The molecule has 1 nitrogen and oxygen atoms in total. The molecule has 0 saturated heterocycles. The molecule has 0 aliphatic heterocycles. The zero-order chi connectivity index (χ0) is 16.6. The Kier molecular flexibility index (Phi) is 8.75. The first kappa shape index (κ1) is 20.2. The van der Waals surface area contributed by atoms with E-state index < -0.39 is 6.10 Å². The van der Waals surface area contributed by atoms with Gasteiger partial charge >= 0.3 is 17.1 Å². The molecule has 2 heteroatoms. The van der Waals surface area contributed by atoms with E-state index in [1.165, 1.54) is 0 Å². The second kappa shape index (κ2) is 10.8. The summed E-state index contributed by atoms with van der Waals surface area (Å²) in [5.41, 5.74) is 3.15. The minimum Gasteiger partial charge on any atom is -0.388 e. The number of benzene rings is 2. The van der Waals surface area contributed by atoms with E-state index in [1.54, 1.807) is 0 Å². The Hall–Kier alpha value is -1.08. The fraction of sp³-hybridized carbons (Fsp3) is 0.0435. The van der Waals surface area contributed by atoms with Crippen molar-refractivity contribution in [2.75, 3.05) is 0 Å². The van der Waals surface area contributed by atoms with Crippen LogP contribution in [0.2, 0.25) is 0 Å². The summed E-state index contributed by atoms with van der Waals surface area (Å²) in [7, 11) is 0. The molecule has 1 atom stereocenters. The molecule has 2 aliphatic carbocycles. The second-order valence-corrected chi connectivity index (χ2v) is 5.54. The molecule has 2 saturated carbocycles. The standard InChI is InChI=1S/C18H15O.C5H5.Fe/c19-18(15-10-4-5-11-15)17-13-7-6-12-16(17)14-8-2-1-3-9-14;1-2-4-5-3-1;/h1-13,18-19H;1-5H;/q;;+2/t18-;;/m1../s1. The van der Waals surface area contributed by atoms with Crippen molar-refractivity contribution < 1.29 is 22.2 Å². The third-order valence-electron chi connectivity index (χ3n) is 3.90. The van der Waals surface area contributed by atoms with Gasteiger partial charge in [0.2, 0.25) is 0 Å². The summed E-state index contributed by atoms with van der Waals surface area (Å²) < 4.78 is 0. The van der Waals surface area contributed by atoms with E-state index in [9.17, 15) is 5.11 Å². The zero-order valence-electron chi connectivity index (χ0n) is 13.8. The number of aliphatic hydroxyl groups excluding tert-OH is 1. The van der Waals surface area contributed by atoms with Crippen LogP contribution in [0.5, 0.6) is 0 Å². The summed E-state index contributed by atoms with van der Waals surface area (Å²) >= 11 is 0. The Labute approximate surface area is 163 Å². The van der Waals surface area contributed by atoms with Crippen LogP contribution in [0, 0.1) is 63.7 Å². The predicted octanol–water partition coefficient (Wildman–Crippen LogP) is 4.81. The molecular formula is C23H20FeO+2. The summed E-state index contributed by atoms with van der Waals surface area (Å²) in [5.74, 6) is 0.934. The molecule has 2 aliphatic rings. The molecule has 0 unspecified atom stereocenters. The van der Waals surface area contributed by atoms with Crippen LogP contribution in [0.4, 0.5) is 0 Å². The van der Waals surface area contributed by atoms with Gasteiger partial charge in [0.25, 0.3) is 0 Å². The van der Waals surface area contributed by atoms with E-state index in [0.717, 1.165) is 22.6 Å². The van der Waals surface area contributed by atoms with Gasteiger partial charge in [0, 0.05) is 5.92 Å². The van der Waals surface area contributed by atoms with Gasteiger partial charge in [0.15, 0.2) is 0 Å². The summed E-state index contributed by atoms with van der Waals surface area (Å²) in [5, 5.41) is 10.5. The zero-order valence-corrected chi connectivity index (χ0v) is 14.9. The smallest absolute Gasteiger partial charge is 0.388 e. The molecular weight excluding hydrogens is 348 g/mol. The van der Waals surface area contributed by atoms with Crippen LogP contribution in [0.15, 0.2) is 54.6 Å². The number of hydrogen-bond donors (Lipinski definition) is 1. The quantitative estimate of drug-likeness (QED) is 0.771. The Balaban J connectivity index is 0.000000325. The Bertz CT molecular complexity index is 593. The monoisotopic (exact) mass is 368 g/mol. The van der Waals surface area contributed by atoms with E-state index in [4.69, 9.17) is 0 Å². The van der Waals surface area contributed by atoms with Gasteiger partial charge in [-0.05, 0) is 74.5 Å². The Morgan fingerprint density at radius 1 is 0.600 bits per heavy atom. The molecule has 0 amide bonds. The van der Waals surface area contributed by atoms with Crippen LogP contribution in [-0.2, 0) is 17.1 Å². The summed E-state index contributed by atoms with van der Waals surface area (Å²) in [4.78, 5) is 0. The minimum absolute atomic E-state index is 0. The van der Waals surface area contributed by atoms with Crippen molar-refractivity contribution in [1.82, 2.24) is 0 Å². The SMILES string of the molecule is O[C@H]([C]1[CH][CH][CH][CH]1)c1ccccc1-c1ccccc1.[CH]1[CH][CH][CH][CH]1.[Fe+2]. The first-order chi connectivity index (χ1) is 11.9. The van der Waals surface area contributed by atoms with Crippen molar-refractivity contribution >= 4 is 0 Å². The van der Waals surface area contributed by atoms with Crippen LogP contribution < -0.4 is 0 Å². The third kappa shape index (κ3) is 5.71. The fourth-order valence-corrected chi connectivity index (χ4v) is 2.69. The van der Waals surface area contributed by atoms with Gasteiger partial charge in [0.1, 0.15) is 0 Å². The second-order valence-electron chi connectivity index (χ2n) is 5.54. The molecule has 2 aromatic rings. The van der Waals surface area contributed by atoms with Crippen molar-refractivity contribution in [3.05, 3.63) is 124 Å². The van der Waals surface area contributed by atoms with Crippen LogP contribution in [0.1, 0.15) is 11.7 Å². The van der Waals surface area contributed by atoms with E-state index in [-0.39, 0.29) is 17.1 Å². The van der Waals surface area contributed by atoms with Gasteiger partial charge in [-0.25, -0.2) is 0 Å². The Morgan fingerprint density at radius 2 is 1.12 bits per heavy atom. The predicted molar refractivity (Wildman–Crippen MR) is 98.8 cm³/mol. The largest absolute Gasteiger partial charge is 2.00 e. The maximum Gasteiger partial charge on any atom is 2.00 e. The summed E-state index contributed by atoms with van der Waals surface area (Å²) in [6.07, 6.45) is 17.2. The normalized spacial score (nSPS) is 18.1. The van der Waals surface area contributed by atoms with Gasteiger partial charge in [-0.3, -0.25) is 0 Å². The van der Waals surface area contributed by atoms with Crippen molar-refractivity contribution in [3.63, 3.8) is 0 Å². The molecule has 0 heterocycles. The van der Waals surface area contributed by atoms with E-state index >= 15 is 0 Å². The third-order valence-corrected chi connectivity index (χ3v) is 3.90. The van der Waals surface area contributed by atoms with Gasteiger partial charge in [-0.2, -0.15) is 0 Å². The van der Waals surface area contributed by atoms with Gasteiger partial charge < -0.3 is 5.11 Å². The van der Waals surface area contributed by atoms with Gasteiger partial charge in [0.05, 0.1) is 6.10 Å². The summed E-state index contributed by atoms with van der Waals surface area (Å²) in [6.45, 7) is 0. The van der Waals surface area contributed by atoms with Crippen molar-refractivity contribution in [2.24, 2.45) is 0 Å². The topological polar surface area (TPSA) is 20.2 Å². The maximum atomic E-state index is 10.5. The van der Waals surface area contributed by atoms with Crippen LogP contribution in [0.3, 0.4) is 0 Å². The first-order valence-corrected chi connectivity index (χ1v) is 8.07. The van der Waals surface area contributed by atoms with Crippen LogP contribution in [-0.4, -0.2) is 5.11 Å². The Morgan fingerprint density at radius 3 is 1.72 bits per heavy atom. The molecule has 1 N–H and O–H groups in total. The van der Waals surface area contributed by atoms with Crippen molar-refractivity contribution in [1.29, 1.82) is 0 Å². The molecule has 2 fully saturated rings. The molecule has 10 radical (unpaired) electrons. The number of hydrogen-bond acceptors (Lipinski definition) is 1. The van der Waals surface area contributed by atoms with Gasteiger partial charge in [-0.15, -0.1) is 0 Å². The average molecular weight is 368 g/mol. The van der Waals surface area contributed by atoms with Crippen LogP contribution in [0.25, 0.3) is 11.1 Å². The molecule has 25 heavy (non-hydrogen) atoms. The molecule has 4 rings (SSSR count). The molecule has 2 aromatic carbocycles. The molecule has 0 bridgehead atoms. The van der Waals surface area contributed by atoms with E-state index in [2.05, 4.69) is 18.2 Å². The molecule has 0 aromatic heterocycles. The molecule has 124 valence electrons. The minimum atomic E-state index is -0.577. The van der Waals surface area contributed by atoms with Gasteiger partial charge in [-0.1, -0.05) is 54.6 Å². The maximum absolute atomic E-state index is 10.5. The van der Waals surface area contributed by atoms with Crippen molar-refractivity contribution in [2.45, 2.75) is 6.10 Å². The van der Waals surface area contributed by atoms with Crippen molar-refractivity contribution in [3.8, 4) is 11.1 Å². The first-order valence-electron chi connectivity index (χ1n) is 8.07. The molecule has 0 spiro atoms. The van der Waals surface area contributed by atoms with Crippen LogP contribution >= 0.6 is 0 Å². The van der Waals surface area contributed by atoms with E-state index in [0.29, 0.717) is 0 Å². The average Bonchev–Trinajstić information content (AvgIpc) is 3.38. The summed E-state index contributed by atoms with van der Waals surface area (Å²) in [6, 6.07) is 18.2. The van der Waals surface area contributed by atoms with E-state index in [1.807, 2.05) is 94.2 Å².